The van der Waals surface area contributed by atoms with Gasteiger partial charge < -0.3 is 29.7 Å². The van der Waals surface area contributed by atoms with Gasteiger partial charge in [0.05, 0.1) is 25.0 Å². The third kappa shape index (κ3) is 3.91. The van der Waals surface area contributed by atoms with Gasteiger partial charge >= 0.3 is 5.97 Å². The molecule has 2 aliphatic heterocycles. The van der Waals surface area contributed by atoms with E-state index >= 15 is 0 Å². The topological polar surface area (TPSA) is 148 Å². The molecule has 45 heavy (non-hydrogen) atoms. The zero-order chi connectivity index (χ0) is 32.1. The number of rotatable bonds is 5. The van der Waals surface area contributed by atoms with E-state index in [1.807, 2.05) is 13.8 Å². The first-order valence-corrected chi connectivity index (χ1v) is 16.3. The second-order valence-corrected chi connectivity index (χ2v) is 14.9. The summed E-state index contributed by atoms with van der Waals surface area (Å²) in [7, 11) is 1.56. The highest BCUT2D eigenvalue weighted by molar-refractivity contribution is 6.06. The number of ether oxygens (including phenoxy) is 3. The van der Waals surface area contributed by atoms with Crippen molar-refractivity contribution in [1.29, 1.82) is 0 Å². The number of amides is 1. The van der Waals surface area contributed by atoms with Gasteiger partial charge in [-0.15, -0.1) is 0 Å². The van der Waals surface area contributed by atoms with Crippen LogP contribution < -0.4 is 10.1 Å². The average molecular weight is 622 g/mol. The van der Waals surface area contributed by atoms with Crippen LogP contribution in [0.2, 0.25) is 0 Å². The van der Waals surface area contributed by atoms with Crippen molar-refractivity contribution in [3.05, 3.63) is 42.0 Å². The molecule has 7 fully saturated rings. The van der Waals surface area contributed by atoms with Crippen molar-refractivity contribution >= 4 is 23.4 Å². The van der Waals surface area contributed by atoms with Crippen molar-refractivity contribution in [1.82, 2.24) is 5.32 Å². The van der Waals surface area contributed by atoms with Gasteiger partial charge in [-0.3, -0.25) is 19.2 Å². The third-order valence-corrected chi connectivity index (χ3v) is 12.6. The smallest absolute Gasteiger partial charge is 0.309 e. The largest absolute Gasteiger partial charge is 0.497 e. The van der Waals surface area contributed by atoms with Crippen molar-refractivity contribution in [3.63, 3.8) is 0 Å². The van der Waals surface area contributed by atoms with E-state index in [0.29, 0.717) is 62.7 Å². The van der Waals surface area contributed by atoms with Crippen molar-refractivity contribution in [2.75, 3.05) is 13.7 Å². The molecule has 1 aromatic rings. The molecule has 8 atom stereocenters. The van der Waals surface area contributed by atoms with Crippen molar-refractivity contribution in [2.45, 2.75) is 89.3 Å². The number of aliphatic hydroxyl groups is 2. The minimum atomic E-state index is -2.32. The molecule has 8 rings (SSSR count). The van der Waals surface area contributed by atoms with Crippen LogP contribution in [-0.2, 0) is 23.9 Å². The number of hydrogen-bond donors (Lipinski definition) is 3. The maximum atomic E-state index is 14.3. The van der Waals surface area contributed by atoms with E-state index in [1.54, 1.807) is 31.4 Å². The Labute approximate surface area is 262 Å². The Morgan fingerprint density at radius 3 is 2.40 bits per heavy atom. The van der Waals surface area contributed by atoms with Gasteiger partial charge in [-0.05, 0) is 86.1 Å². The number of benzene rings is 1. The number of carbonyl (C=O) groups is 4. The Bertz CT molecular complexity index is 1460. The zero-order valence-electron chi connectivity index (χ0n) is 26.2. The minimum Gasteiger partial charge on any atom is -0.497 e. The molecule has 2 heterocycles. The normalized spacial score (nSPS) is 42.9. The van der Waals surface area contributed by atoms with E-state index in [-0.39, 0.29) is 29.9 Å². The summed E-state index contributed by atoms with van der Waals surface area (Å²) in [4.78, 5) is 54.8. The van der Waals surface area contributed by atoms with Crippen molar-refractivity contribution in [3.8, 4) is 5.75 Å². The standard InChI is InChI=1S/C35H43NO9/c1-18-23-13-14-24-33-17-44-35(42,28(39)26(33)32(2,3)16-15-25(33)37)34(24,27(18)38)29(23)45-31(41)20-5-9-21(10-6-20)36-30(40)19-7-11-22(43-4)12-8-19/h7-8,11-12,20-21,23-24,26,28-29,39,42H,1,5-6,9-10,13-17H2,2-4H3,(H,36,40)/t20?,21?,23-,24-,26+,28-,29+,33+,34-,35-/m0/s1. The summed E-state index contributed by atoms with van der Waals surface area (Å²) >= 11 is 0. The molecule has 0 aromatic heterocycles. The summed E-state index contributed by atoms with van der Waals surface area (Å²) in [5, 5.41) is 27.3. The van der Waals surface area contributed by atoms with E-state index in [0.717, 1.165) is 0 Å². The first kappa shape index (κ1) is 30.6. The van der Waals surface area contributed by atoms with E-state index in [9.17, 15) is 29.4 Å². The number of hydrogen-bond acceptors (Lipinski definition) is 9. The summed E-state index contributed by atoms with van der Waals surface area (Å²) in [5.74, 6) is -5.07. The fourth-order valence-corrected chi connectivity index (χ4v) is 10.5. The quantitative estimate of drug-likeness (QED) is 0.333. The highest BCUT2D eigenvalue weighted by Crippen LogP contribution is 2.76. The number of nitrogens with one attached hydrogen (secondary N) is 1. The lowest BCUT2D eigenvalue weighted by molar-refractivity contribution is -0.437. The summed E-state index contributed by atoms with van der Waals surface area (Å²) in [6, 6.07) is 6.76. The maximum absolute atomic E-state index is 14.3. The van der Waals surface area contributed by atoms with Gasteiger partial charge in [0.25, 0.3) is 5.91 Å². The van der Waals surface area contributed by atoms with Gasteiger partial charge in [0.1, 0.15) is 29.2 Å². The molecule has 5 saturated carbocycles. The summed E-state index contributed by atoms with van der Waals surface area (Å²) in [6.45, 7) is 8.00. The number of ketones is 2. The van der Waals surface area contributed by atoms with Crippen LogP contribution >= 0.6 is 0 Å². The van der Waals surface area contributed by atoms with Crippen LogP contribution in [-0.4, -0.2) is 71.4 Å². The number of Topliss-reactive ketones (excluding diaryl/α,β-unsaturated/α-hetero) is 2. The second-order valence-electron chi connectivity index (χ2n) is 14.9. The van der Waals surface area contributed by atoms with Crippen molar-refractivity contribution in [2.24, 2.45) is 39.9 Å². The van der Waals surface area contributed by atoms with E-state index in [2.05, 4.69) is 11.9 Å². The lowest BCUT2D eigenvalue weighted by Crippen LogP contribution is -2.85. The summed E-state index contributed by atoms with van der Waals surface area (Å²) in [6.07, 6.45) is 1.35. The van der Waals surface area contributed by atoms with Crippen LogP contribution in [0.1, 0.15) is 75.6 Å². The molecule has 10 nitrogen and oxygen atoms in total. The molecule has 1 amide bonds. The average Bonchev–Trinajstić information content (AvgIpc) is 3.14. The minimum absolute atomic E-state index is 0.0548. The SMILES string of the molecule is C=C1C(=O)[C@]23[C@H](OC(=O)C4CCC(NC(=O)c5ccc(OC)cc5)CC4)[C@H]1CC[C@H]2[C@@]12CO[C@@]3(O)[C@@H](O)[C@@H]1C(C)(C)CCC2=O. The Kier molecular flexibility index (Phi) is 6.94. The molecule has 0 unspecified atom stereocenters. The number of carbonyl (C=O) groups excluding carboxylic acids is 4. The monoisotopic (exact) mass is 621 g/mol. The first-order valence-electron chi connectivity index (χ1n) is 16.3. The molecule has 0 radical (unpaired) electrons. The number of fused-ring (bicyclic) bond motifs is 2. The zero-order valence-corrected chi connectivity index (χ0v) is 26.2. The number of methoxy groups -OCH3 is 1. The van der Waals surface area contributed by atoms with Crippen LogP contribution in [0.25, 0.3) is 0 Å². The van der Waals surface area contributed by atoms with E-state index in [4.69, 9.17) is 14.2 Å². The Morgan fingerprint density at radius 2 is 1.73 bits per heavy atom. The number of esters is 1. The summed E-state index contributed by atoms with van der Waals surface area (Å²) < 4.78 is 17.5. The predicted octanol–water partition coefficient (Wildman–Crippen LogP) is 3.13. The second kappa shape index (κ2) is 10.2. The first-order chi connectivity index (χ1) is 21.3. The molecule has 7 aliphatic rings. The molecule has 10 heteroatoms. The van der Waals surface area contributed by atoms with Crippen LogP contribution in [0, 0.1) is 39.9 Å². The van der Waals surface area contributed by atoms with Crippen LogP contribution in [0.4, 0.5) is 0 Å². The molecule has 5 aliphatic carbocycles. The van der Waals surface area contributed by atoms with Crippen LogP contribution in [0.5, 0.6) is 5.75 Å². The van der Waals surface area contributed by atoms with E-state index in [1.165, 1.54) is 0 Å². The van der Waals surface area contributed by atoms with Gasteiger partial charge in [-0.1, -0.05) is 20.4 Å². The molecule has 1 aromatic carbocycles. The molecule has 2 saturated heterocycles. The van der Waals surface area contributed by atoms with Gasteiger partial charge in [-0.25, -0.2) is 0 Å². The highest BCUT2D eigenvalue weighted by Gasteiger charge is 2.88. The van der Waals surface area contributed by atoms with Gasteiger partial charge in [0.15, 0.2) is 5.78 Å². The molecular formula is C35H43NO9. The Morgan fingerprint density at radius 1 is 1.04 bits per heavy atom. The van der Waals surface area contributed by atoms with Crippen LogP contribution in [0.3, 0.4) is 0 Å². The van der Waals surface area contributed by atoms with Gasteiger partial charge in [0.2, 0.25) is 5.79 Å². The molecule has 242 valence electrons. The van der Waals surface area contributed by atoms with E-state index < -0.39 is 69.7 Å². The van der Waals surface area contributed by atoms with Gasteiger partial charge in [0, 0.05) is 29.9 Å². The predicted molar refractivity (Wildman–Crippen MR) is 160 cm³/mol. The Balaban J connectivity index is 1.12. The molecule has 2 spiro atoms. The lowest BCUT2D eigenvalue weighted by Gasteiger charge is -2.73. The summed E-state index contributed by atoms with van der Waals surface area (Å²) in [5.41, 5.74) is -2.66. The van der Waals surface area contributed by atoms with Crippen LogP contribution in [0.15, 0.2) is 36.4 Å². The molecule has 3 N–H and O–H groups in total. The van der Waals surface area contributed by atoms with Crippen molar-refractivity contribution < 1.29 is 43.6 Å². The maximum Gasteiger partial charge on any atom is 0.309 e. The fourth-order valence-electron chi connectivity index (χ4n) is 10.5. The highest BCUT2D eigenvalue weighted by atomic mass is 16.6. The lowest BCUT2D eigenvalue weighted by atomic mass is 9.36. The Hall–Kier alpha value is -3.08. The third-order valence-electron chi connectivity index (χ3n) is 12.6. The molecular weight excluding hydrogens is 578 g/mol. The number of aliphatic hydroxyl groups excluding tert-OH is 1. The fraction of sp³-hybridized carbons (Fsp3) is 0.657. The molecule has 4 bridgehead atoms. The van der Waals surface area contributed by atoms with Gasteiger partial charge in [-0.2, -0.15) is 0 Å².